The Morgan fingerprint density at radius 3 is 2.54 bits per heavy atom. The molecule has 0 bridgehead atoms. The first-order valence-corrected chi connectivity index (χ1v) is 3.77. The van der Waals surface area contributed by atoms with E-state index in [1.165, 1.54) is 6.08 Å². The number of carbonyl (C=O) groups is 1. The van der Waals surface area contributed by atoms with Crippen LogP contribution in [0.4, 0.5) is 0 Å². The Bertz CT molecular complexity index is 328. The van der Waals surface area contributed by atoms with Crippen LogP contribution in [-0.4, -0.2) is 17.2 Å². The predicted molar refractivity (Wildman–Crippen MR) is 50.8 cm³/mol. The molecule has 0 amide bonds. The highest BCUT2D eigenvalue weighted by Gasteiger charge is 1.89. The molecule has 0 heterocycles. The number of hydrogen-bond donors (Lipinski definition) is 1. The van der Waals surface area contributed by atoms with Gasteiger partial charge < -0.3 is 5.21 Å². The highest BCUT2D eigenvalue weighted by molar-refractivity contribution is 6.34. The zero-order valence-electron chi connectivity index (χ0n) is 6.92. The summed E-state index contributed by atoms with van der Waals surface area (Å²) in [4.78, 5) is 10.2. The molecule has 13 heavy (non-hydrogen) atoms. The topological polar surface area (TPSA) is 49.7 Å². The van der Waals surface area contributed by atoms with Crippen molar-refractivity contribution < 1.29 is 10.0 Å². The van der Waals surface area contributed by atoms with Crippen LogP contribution in [0.25, 0.3) is 6.08 Å². The van der Waals surface area contributed by atoms with E-state index in [1.54, 1.807) is 6.08 Å². The smallest absolute Gasteiger partial charge is 0.171 e. The molecule has 0 radical (unpaired) electrons. The average Bonchev–Trinajstić information content (AvgIpc) is 2.21. The molecule has 1 N–H and O–H groups in total. The molecule has 66 valence electrons. The molecule has 0 saturated carbocycles. The Kier molecular flexibility index (Phi) is 3.45. The SMILES string of the molecule is O=CC(/C=C/c1ccccc1)=N\O. The second kappa shape index (κ2) is 4.87. The number of benzene rings is 1. The number of rotatable bonds is 3. The maximum Gasteiger partial charge on any atom is 0.171 e. The summed E-state index contributed by atoms with van der Waals surface area (Å²) in [5.74, 6) is 0. The standard InChI is InChI=1S/C10H9NO2/c12-8-10(11-13)7-6-9-4-2-1-3-5-9/h1-8,13H/b7-6+,11-10-. The third-order valence-electron chi connectivity index (χ3n) is 1.48. The molecule has 1 aromatic carbocycles. The third-order valence-corrected chi connectivity index (χ3v) is 1.48. The van der Waals surface area contributed by atoms with Crippen molar-refractivity contribution in [2.75, 3.05) is 0 Å². The van der Waals surface area contributed by atoms with E-state index in [0.29, 0.717) is 6.29 Å². The van der Waals surface area contributed by atoms with Crippen molar-refractivity contribution in [3.8, 4) is 0 Å². The van der Waals surface area contributed by atoms with E-state index in [0.717, 1.165) is 5.56 Å². The van der Waals surface area contributed by atoms with Crippen LogP contribution in [0.15, 0.2) is 41.6 Å². The normalized spacial score (nSPS) is 11.8. The molecule has 0 saturated heterocycles. The molecule has 0 unspecified atom stereocenters. The number of aldehydes is 1. The quantitative estimate of drug-likeness (QED) is 0.329. The predicted octanol–water partition coefficient (Wildman–Crippen LogP) is 1.73. The van der Waals surface area contributed by atoms with Gasteiger partial charge in [-0.25, -0.2) is 0 Å². The van der Waals surface area contributed by atoms with Crippen LogP contribution in [0.3, 0.4) is 0 Å². The zero-order chi connectivity index (χ0) is 9.52. The van der Waals surface area contributed by atoms with Gasteiger partial charge in [-0.15, -0.1) is 0 Å². The average molecular weight is 175 g/mol. The first-order valence-electron chi connectivity index (χ1n) is 3.77. The Morgan fingerprint density at radius 1 is 1.31 bits per heavy atom. The molecule has 0 fully saturated rings. The van der Waals surface area contributed by atoms with Crippen LogP contribution in [0.5, 0.6) is 0 Å². The molecule has 0 aromatic heterocycles. The Labute approximate surface area is 76.0 Å². The van der Waals surface area contributed by atoms with Crippen LogP contribution in [0.2, 0.25) is 0 Å². The first-order chi connectivity index (χ1) is 6.36. The summed E-state index contributed by atoms with van der Waals surface area (Å²) in [7, 11) is 0. The lowest BCUT2D eigenvalue weighted by molar-refractivity contribution is -0.102. The summed E-state index contributed by atoms with van der Waals surface area (Å²) >= 11 is 0. The van der Waals surface area contributed by atoms with Gasteiger partial charge in [0, 0.05) is 0 Å². The van der Waals surface area contributed by atoms with Gasteiger partial charge in [0.2, 0.25) is 0 Å². The fourth-order valence-electron chi connectivity index (χ4n) is 0.842. The van der Waals surface area contributed by atoms with Crippen molar-refractivity contribution in [2.45, 2.75) is 0 Å². The van der Waals surface area contributed by atoms with E-state index in [9.17, 15) is 4.79 Å². The molecule has 0 atom stereocenters. The molecule has 0 spiro atoms. The molecular weight excluding hydrogens is 166 g/mol. The molecule has 0 aliphatic heterocycles. The molecule has 0 aliphatic rings. The Hall–Kier alpha value is -1.90. The summed E-state index contributed by atoms with van der Waals surface area (Å²) in [6, 6.07) is 9.44. The lowest BCUT2D eigenvalue weighted by atomic mass is 10.2. The minimum absolute atomic E-state index is 0.00357. The van der Waals surface area contributed by atoms with Crippen LogP contribution in [0.1, 0.15) is 5.56 Å². The highest BCUT2D eigenvalue weighted by atomic mass is 16.4. The minimum Gasteiger partial charge on any atom is -0.410 e. The van der Waals surface area contributed by atoms with Crippen molar-refractivity contribution in [3.63, 3.8) is 0 Å². The van der Waals surface area contributed by atoms with E-state index >= 15 is 0 Å². The summed E-state index contributed by atoms with van der Waals surface area (Å²) < 4.78 is 0. The van der Waals surface area contributed by atoms with Gasteiger partial charge in [-0.2, -0.15) is 0 Å². The molecular formula is C10H9NO2. The summed E-state index contributed by atoms with van der Waals surface area (Å²) in [5, 5.41) is 11.1. The van der Waals surface area contributed by atoms with Crippen molar-refractivity contribution in [1.29, 1.82) is 0 Å². The molecule has 0 aliphatic carbocycles. The van der Waals surface area contributed by atoms with Gasteiger partial charge in [0.15, 0.2) is 6.29 Å². The van der Waals surface area contributed by atoms with Gasteiger partial charge >= 0.3 is 0 Å². The fraction of sp³-hybridized carbons (Fsp3) is 0. The Balaban J connectivity index is 2.74. The molecule has 3 nitrogen and oxygen atoms in total. The van der Waals surface area contributed by atoms with Gasteiger partial charge in [-0.05, 0) is 11.6 Å². The molecule has 3 heteroatoms. The van der Waals surface area contributed by atoms with Crippen molar-refractivity contribution in [3.05, 3.63) is 42.0 Å². The van der Waals surface area contributed by atoms with E-state index in [2.05, 4.69) is 5.16 Å². The monoisotopic (exact) mass is 175 g/mol. The molecule has 1 rings (SSSR count). The van der Waals surface area contributed by atoms with Crippen LogP contribution >= 0.6 is 0 Å². The van der Waals surface area contributed by atoms with Gasteiger partial charge in [-0.3, -0.25) is 4.79 Å². The second-order valence-corrected chi connectivity index (χ2v) is 2.39. The largest absolute Gasteiger partial charge is 0.410 e. The minimum atomic E-state index is 0.00357. The zero-order valence-corrected chi connectivity index (χ0v) is 6.92. The summed E-state index contributed by atoms with van der Waals surface area (Å²) in [6.07, 6.45) is 3.63. The third kappa shape index (κ3) is 2.91. The second-order valence-electron chi connectivity index (χ2n) is 2.39. The molecule has 1 aromatic rings. The number of oxime groups is 1. The number of nitrogens with zero attached hydrogens (tertiary/aromatic N) is 1. The first kappa shape index (κ1) is 9.19. The summed E-state index contributed by atoms with van der Waals surface area (Å²) in [6.45, 7) is 0. The summed E-state index contributed by atoms with van der Waals surface area (Å²) in [5.41, 5.74) is 0.953. The number of carbonyl (C=O) groups excluding carboxylic acids is 1. The number of hydrogen-bond acceptors (Lipinski definition) is 3. The van der Waals surface area contributed by atoms with Gasteiger partial charge in [0.1, 0.15) is 5.71 Å². The number of allylic oxidation sites excluding steroid dienone is 1. The Morgan fingerprint density at radius 2 is 2.00 bits per heavy atom. The van der Waals surface area contributed by atoms with E-state index < -0.39 is 0 Å². The maximum atomic E-state index is 10.2. The van der Waals surface area contributed by atoms with Crippen LogP contribution < -0.4 is 0 Å². The maximum absolute atomic E-state index is 10.2. The van der Waals surface area contributed by atoms with Crippen molar-refractivity contribution in [2.24, 2.45) is 5.16 Å². The highest BCUT2D eigenvalue weighted by Crippen LogP contribution is 2.00. The fourth-order valence-corrected chi connectivity index (χ4v) is 0.842. The van der Waals surface area contributed by atoms with Gasteiger partial charge in [-0.1, -0.05) is 41.6 Å². The lowest BCUT2D eigenvalue weighted by Gasteiger charge is -1.89. The van der Waals surface area contributed by atoms with E-state index in [4.69, 9.17) is 5.21 Å². The van der Waals surface area contributed by atoms with Crippen molar-refractivity contribution >= 4 is 18.1 Å². The van der Waals surface area contributed by atoms with Crippen LogP contribution in [-0.2, 0) is 4.79 Å². The van der Waals surface area contributed by atoms with E-state index in [1.807, 2.05) is 30.3 Å². The van der Waals surface area contributed by atoms with Crippen molar-refractivity contribution in [1.82, 2.24) is 0 Å². The van der Waals surface area contributed by atoms with Crippen LogP contribution in [0, 0.1) is 0 Å². The van der Waals surface area contributed by atoms with E-state index in [-0.39, 0.29) is 5.71 Å². The lowest BCUT2D eigenvalue weighted by Crippen LogP contribution is -1.92. The van der Waals surface area contributed by atoms with Gasteiger partial charge in [0.25, 0.3) is 0 Å². The van der Waals surface area contributed by atoms with Gasteiger partial charge in [0.05, 0.1) is 0 Å².